The van der Waals surface area contributed by atoms with Crippen molar-refractivity contribution in [3.63, 3.8) is 0 Å². The number of nitrogens with one attached hydrogen (secondary N) is 3. The molecule has 0 bridgehead atoms. The van der Waals surface area contributed by atoms with Crippen molar-refractivity contribution in [2.45, 2.75) is 44.4 Å². The first-order valence-electron chi connectivity index (χ1n) is 9.30. The van der Waals surface area contributed by atoms with Gasteiger partial charge in [0.15, 0.2) is 0 Å². The van der Waals surface area contributed by atoms with Crippen molar-refractivity contribution >= 4 is 11.4 Å². The van der Waals surface area contributed by atoms with E-state index in [0.29, 0.717) is 18.8 Å². The van der Waals surface area contributed by atoms with Crippen molar-refractivity contribution < 1.29 is 13.2 Å². The zero-order valence-corrected chi connectivity index (χ0v) is 15.5. The highest BCUT2D eigenvalue weighted by atomic mass is 19.4. The lowest BCUT2D eigenvalue weighted by Crippen LogP contribution is -2.50. The Hall–Kier alpha value is -2.21. The summed E-state index contributed by atoms with van der Waals surface area (Å²) < 4.78 is 41.2. The van der Waals surface area contributed by atoms with E-state index in [1.165, 1.54) is 6.07 Å². The number of fused-ring (bicyclic) bond motifs is 3. The average molecular weight is 375 g/mol. The minimum atomic E-state index is -4.39. The lowest BCUT2D eigenvalue weighted by atomic mass is 9.75. The molecule has 3 N–H and O–H groups in total. The molecular formula is C21H24F3N3. The fraction of sp³-hybridized carbons (Fsp3) is 0.429. The molecule has 2 aromatic carbocycles. The van der Waals surface area contributed by atoms with Gasteiger partial charge in [-0.2, -0.15) is 13.2 Å². The van der Waals surface area contributed by atoms with Crippen LogP contribution in [-0.2, 0) is 18.1 Å². The number of alkyl halides is 3. The quantitative estimate of drug-likeness (QED) is 0.730. The van der Waals surface area contributed by atoms with Crippen molar-refractivity contribution in [3.05, 3.63) is 58.7 Å². The molecule has 2 heterocycles. The van der Waals surface area contributed by atoms with Crippen LogP contribution < -0.4 is 16.0 Å². The van der Waals surface area contributed by atoms with Crippen molar-refractivity contribution in [1.82, 2.24) is 5.32 Å². The molecule has 0 saturated carbocycles. The Labute approximate surface area is 157 Å². The van der Waals surface area contributed by atoms with Crippen molar-refractivity contribution in [2.24, 2.45) is 0 Å². The normalized spacial score (nSPS) is 24.1. The Morgan fingerprint density at radius 1 is 1.19 bits per heavy atom. The molecule has 3 nitrogen and oxygen atoms in total. The molecule has 2 aliphatic rings. The molecule has 1 saturated heterocycles. The molecule has 144 valence electrons. The van der Waals surface area contributed by atoms with Crippen LogP contribution in [0.3, 0.4) is 0 Å². The van der Waals surface area contributed by atoms with Gasteiger partial charge in [0, 0.05) is 30.2 Å². The van der Waals surface area contributed by atoms with Gasteiger partial charge in [-0.1, -0.05) is 36.8 Å². The van der Waals surface area contributed by atoms with Gasteiger partial charge in [0.2, 0.25) is 0 Å². The van der Waals surface area contributed by atoms with Crippen LogP contribution in [0.2, 0.25) is 0 Å². The standard InChI is InChI=1S/C21H24F3N3/c1-13-3-5-14(6-4-13)11-26-15-9-16-19(17(10-15)21(22,23)24)27-18-7-8-25-12-20(16,18)2/h3-6,9-10,18,25-27H,7-8,11-12H2,1-2H3/t18-,20-/m0/s1. The van der Waals surface area contributed by atoms with E-state index in [4.69, 9.17) is 0 Å². The predicted molar refractivity (Wildman–Crippen MR) is 102 cm³/mol. The number of benzene rings is 2. The van der Waals surface area contributed by atoms with Gasteiger partial charge in [0.1, 0.15) is 0 Å². The fourth-order valence-corrected chi connectivity index (χ4v) is 4.21. The maximum absolute atomic E-state index is 13.7. The summed E-state index contributed by atoms with van der Waals surface area (Å²) in [4.78, 5) is 0. The lowest BCUT2D eigenvalue weighted by Gasteiger charge is -2.36. The molecule has 0 unspecified atom stereocenters. The van der Waals surface area contributed by atoms with E-state index in [-0.39, 0.29) is 17.1 Å². The number of hydrogen-bond donors (Lipinski definition) is 3. The zero-order valence-electron chi connectivity index (χ0n) is 15.5. The second-order valence-electron chi connectivity index (χ2n) is 7.86. The number of anilines is 2. The summed E-state index contributed by atoms with van der Waals surface area (Å²) in [5.41, 5.74) is 2.79. The Morgan fingerprint density at radius 2 is 1.93 bits per heavy atom. The molecule has 4 rings (SSSR count). The van der Waals surface area contributed by atoms with E-state index >= 15 is 0 Å². The van der Waals surface area contributed by atoms with Gasteiger partial charge in [-0.15, -0.1) is 0 Å². The van der Waals surface area contributed by atoms with Crippen molar-refractivity contribution in [2.75, 3.05) is 23.7 Å². The van der Waals surface area contributed by atoms with Crippen molar-refractivity contribution in [3.8, 4) is 0 Å². The second-order valence-corrected chi connectivity index (χ2v) is 7.86. The first-order chi connectivity index (χ1) is 12.8. The molecule has 0 amide bonds. The summed E-state index contributed by atoms with van der Waals surface area (Å²) in [5.74, 6) is 0. The smallest absolute Gasteiger partial charge is 0.381 e. The summed E-state index contributed by atoms with van der Waals surface area (Å²) in [6.45, 7) is 6.04. The number of hydrogen-bond acceptors (Lipinski definition) is 3. The predicted octanol–water partition coefficient (Wildman–Crippen LogP) is 4.67. The molecule has 2 aromatic rings. The molecule has 1 fully saturated rings. The maximum Gasteiger partial charge on any atom is 0.418 e. The molecule has 0 radical (unpaired) electrons. The Balaban J connectivity index is 1.69. The molecule has 0 aromatic heterocycles. The van der Waals surface area contributed by atoms with E-state index in [2.05, 4.69) is 16.0 Å². The van der Waals surface area contributed by atoms with Gasteiger partial charge in [-0.3, -0.25) is 0 Å². The minimum Gasteiger partial charge on any atom is -0.381 e. The fourth-order valence-electron chi connectivity index (χ4n) is 4.21. The van der Waals surface area contributed by atoms with E-state index in [0.717, 1.165) is 29.7 Å². The van der Waals surface area contributed by atoms with Gasteiger partial charge in [-0.05, 0) is 43.1 Å². The summed E-state index contributed by atoms with van der Waals surface area (Å²) >= 11 is 0. The van der Waals surface area contributed by atoms with Crippen LogP contribution in [0.4, 0.5) is 24.5 Å². The first-order valence-corrected chi connectivity index (χ1v) is 9.30. The molecule has 2 atom stereocenters. The first kappa shape index (κ1) is 18.2. The molecule has 2 aliphatic heterocycles. The number of aryl methyl sites for hydroxylation is 1. The highest BCUT2D eigenvalue weighted by Crippen LogP contribution is 2.50. The third kappa shape index (κ3) is 3.27. The average Bonchev–Trinajstić information content (AvgIpc) is 2.92. The van der Waals surface area contributed by atoms with Gasteiger partial charge < -0.3 is 16.0 Å². The van der Waals surface area contributed by atoms with Gasteiger partial charge >= 0.3 is 6.18 Å². The third-order valence-electron chi connectivity index (χ3n) is 5.87. The van der Waals surface area contributed by atoms with Gasteiger partial charge in [-0.25, -0.2) is 0 Å². The van der Waals surface area contributed by atoms with Crippen LogP contribution in [0.5, 0.6) is 0 Å². The number of halogens is 3. The summed E-state index contributed by atoms with van der Waals surface area (Å²) in [6, 6.07) is 11.1. The molecule has 0 spiro atoms. The Kier molecular flexibility index (Phi) is 4.34. The maximum atomic E-state index is 13.7. The summed E-state index contributed by atoms with van der Waals surface area (Å²) in [7, 11) is 0. The molecule has 6 heteroatoms. The van der Waals surface area contributed by atoms with Crippen LogP contribution in [0.1, 0.15) is 35.6 Å². The number of rotatable bonds is 3. The minimum absolute atomic E-state index is 0.0298. The second kappa shape index (κ2) is 6.44. The van der Waals surface area contributed by atoms with Crippen LogP contribution in [0, 0.1) is 6.92 Å². The Bertz CT molecular complexity index is 845. The number of piperidine rings is 1. The van der Waals surface area contributed by atoms with Gasteiger partial charge in [0.05, 0.1) is 11.3 Å². The van der Waals surface area contributed by atoms with Gasteiger partial charge in [0.25, 0.3) is 0 Å². The molecular weight excluding hydrogens is 351 g/mol. The zero-order chi connectivity index (χ0) is 19.2. The summed E-state index contributed by atoms with van der Waals surface area (Å²) in [6.07, 6.45) is -3.58. The lowest BCUT2D eigenvalue weighted by molar-refractivity contribution is -0.136. The third-order valence-corrected chi connectivity index (χ3v) is 5.87. The van der Waals surface area contributed by atoms with Crippen LogP contribution >= 0.6 is 0 Å². The van der Waals surface area contributed by atoms with E-state index in [9.17, 15) is 13.2 Å². The van der Waals surface area contributed by atoms with E-state index in [1.807, 2.05) is 44.2 Å². The van der Waals surface area contributed by atoms with Crippen molar-refractivity contribution in [1.29, 1.82) is 0 Å². The topological polar surface area (TPSA) is 36.1 Å². The summed E-state index contributed by atoms with van der Waals surface area (Å²) in [5, 5.41) is 9.70. The van der Waals surface area contributed by atoms with E-state index in [1.54, 1.807) is 0 Å². The Morgan fingerprint density at radius 3 is 2.63 bits per heavy atom. The highest BCUT2D eigenvalue weighted by Gasteiger charge is 2.48. The SMILES string of the molecule is Cc1ccc(CNc2cc(C(F)(F)F)c3c(c2)[C@]2(C)CNCC[C@@H]2N3)cc1. The molecule has 27 heavy (non-hydrogen) atoms. The van der Waals surface area contributed by atoms with Crippen LogP contribution in [0.15, 0.2) is 36.4 Å². The monoisotopic (exact) mass is 375 g/mol. The molecule has 0 aliphatic carbocycles. The van der Waals surface area contributed by atoms with Crippen LogP contribution in [0.25, 0.3) is 0 Å². The highest BCUT2D eigenvalue weighted by molar-refractivity contribution is 5.72. The largest absolute Gasteiger partial charge is 0.418 e. The van der Waals surface area contributed by atoms with E-state index < -0.39 is 11.7 Å². The van der Waals surface area contributed by atoms with Crippen LogP contribution in [-0.4, -0.2) is 19.1 Å².